The van der Waals surface area contributed by atoms with E-state index in [1.807, 2.05) is 13.8 Å². The fraction of sp³-hybridized carbons (Fsp3) is 0.500. The summed E-state index contributed by atoms with van der Waals surface area (Å²) in [5, 5.41) is 0. The van der Waals surface area contributed by atoms with Gasteiger partial charge in [0.2, 0.25) is 0 Å². The number of halogens is 2. The summed E-state index contributed by atoms with van der Waals surface area (Å²) in [4.78, 5) is 9.24. The first-order valence-corrected chi connectivity index (χ1v) is 12.3. The number of nitrogens with zero attached hydrogens (tertiary/aromatic N) is 2. The summed E-state index contributed by atoms with van der Waals surface area (Å²) in [7, 11) is 0. The van der Waals surface area contributed by atoms with Crippen LogP contribution in [0.2, 0.25) is 0 Å². The molecule has 1 rings (SSSR count). The van der Waals surface area contributed by atoms with Gasteiger partial charge in [0, 0.05) is 6.54 Å². The summed E-state index contributed by atoms with van der Waals surface area (Å²) in [6, 6.07) is 4.36. The van der Waals surface area contributed by atoms with Crippen LogP contribution in [0.1, 0.15) is 43.9 Å². The number of aliphatic imine (C=N–C) groups is 2. The molecule has 0 heterocycles. The molecule has 21 heavy (non-hydrogen) atoms. The van der Waals surface area contributed by atoms with Crippen molar-refractivity contribution in [3.8, 4) is 0 Å². The zero-order valence-corrected chi connectivity index (χ0v) is 17.8. The van der Waals surface area contributed by atoms with Gasteiger partial charge in [-0.3, -0.25) is 9.98 Å². The van der Waals surface area contributed by atoms with Crippen LogP contribution in [-0.4, -0.2) is 18.0 Å². The Morgan fingerprint density at radius 3 is 1.95 bits per heavy atom. The van der Waals surface area contributed by atoms with Gasteiger partial charge in [0.25, 0.3) is 0 Å². The number of aryl methyl sites for hydroxylation is 3. The van der Waals surface area contributed by atoms with Crippen LogP contribution in [0.15, 0.2) is 22.1 Å². The molecule has 5 heteroatoms. The van der Waals surface area contributed by atoms with Crippen molar-refractivity contribution in [3.63, 3.8) is 0 Å². The first kappa shape index (κ1) is 21.0. The molecule has 120 valence electrons. The third-order valence-corrected chi connectivity index (χ3v) is 3.01. The van der Waals surface area contributed by atoms with Crippen LogP contribution in [0.4, 0.5) is 5.69 Å². The van der Waals surface area contributed by atoms with E-state index >= 15 is 0 Å². The van der Waals surface area contributed by atoms with E-state index in [0.717, 1.165) is 41.4 Å². The average molecular weight is 460 g/mol. The molecule has 1 aromatic rings. The van der Waals surface area contributed by atoms with E-state index < -0.39 is 0 Å². The van der Waals surface area contributed by atoms with Crippen LogP contribution in [0.5, 0.6) is 0 Å². The van der Waals surface area contributed by atoms with Gasteiger partial charge in [-0.2, -0.15) is 0 Å². The molecule has 0 amide bonds. The third kappa shape index (κ3) is 8.29. The topological polar surface area (TPSA) is 24.7 Å². The maximum atomic E-state index is 4.74. The molecular weight excluding hydrogens is 436 g/mol. The summed E-state index contributed by atoms with van der Waals surface area (Å²) in [5.41, 5.74) is 6.89. The van der Waals surface area contributed by atoms with Gasteiger partial charge in [0.1, 0.15) is 0 Å². The zero-order valence-electron chi connectivity index (χ0n) is 13.6. The van der Waals surface area contributed by atoms with E-state index in [-0.39, 0.29) is 0 Å². The van der Waals surface area contributed by atoms with E-state index in [4.69, 9.17) is 4.99 Å². The molecule has 0 radical (unpaired) electrons. The minimum absolute atomic E-state index is 0.875. The second kappa shape index (κ2) is 11.6. The molecule has 0 fully saturated rings. The van der Waals surface area contributed by atoms with Gasteiger partial charge < -0.3 is 0 Å². The fourth-order valence-corrected chi connectivity index (χ4v) is 1.99. The first-order chi connectivity index (χ1) is 9.87. The van der Waals surface area contributed by atoms with Crippen molar-refractivity contribution in [2.75, 3.05) is 6.54 Å². The molecule has 0 saturated heterocycles. The Balaban J connectivity index is 0.00000122. The molecule has 2 nitrogen and oxygen atoms in total. The Hall–Kier alpha value is 0.0395. The second-order valence-electron chi connectivity index (χ2n) is 4.96. The monoisotopic (exact) mass is 458 g/mol. The summed E-state index contributed by atoms with van der Waals surface area (Å²) in [6.07, 6.45) is 1.08. The van der Waals surface area contributed by atoms with Crippen LogP contribution >= 0.6 is 28.2 Å². The van der Waals surface area contributed by atoms with Gasteiger partial charge in [0.05, 0.1) is 17.1 Å². The Bertz CT molecular complexity index is 488. The molecule has 0 spiro atoms. The molecule has 0 aliphatic rings. The summed E-state index contributed by atoms with van der Waals surface area (Å²) < 4.78 is 0. The molecule has 0 aliphatic heterocycles. The molecular formula is C16H24Br2FeN2. The van der Waals surface area contributed by atoms with Crippen molar-refractivity contribution in [3.05, 3.63) is 28.8 Å². The van der Waals surface area contributed by atoms with Crippen LogP contribution in [0, 0.1) is 20.8 Å². The predicted octanol–water partition coefficient (Wildman–Crippen LogP) is 6.26. The number of benzene rings is 1. The van der Waals surface area contributed by atoms with Gasteiger partial charge in [-0.25, -0.2) is 0 Å². The minimum atomic E-state index is 0.875. The van der Waals surface area contributed by atoms with Gasteiger partial charge >= 0.3 is 39.6 Å². The number of rotatable bonds is 4. The maximum absolute atomic E-state index is 4.74. The Morgan fingerprint density at radius 2 is 1.52 bits per heavy atom. The van der Waals surface area contributed by atoms with Crippen molar-refractivity contribution in [1.29, 1.82) is 0 Å². The molecule has 0 atom stereocenters. The van der Waals surface area contributed by atoms with Gasteiger partial charge in [-0.1, -0.05) is 24.6 Å². The van der Waals surface area contributed by atoms with E-state index in [1.54, 1.807) is 0 Å². The molecule has 0 aliphatic carbocycles. The quantitative estimate of drug-likeness (QED) is 0.375. The van der Waals surface area contributed by atoms with E-state index in [2.05, 4.69) is 73.0 Å². The van der Waals surface area contributed by atoms with Gasteiger partial charge in [-0.05, 0) is 52.2 Å². The molecule has 0 saturated carbocycles. The Morgan fingerprint density at radius 1 is 1.05 bits per heavy atom. The van der Waals surface area contributed by atoms with Crippen LogP contribution < -0.4 is 0 Å². The molecule has 0 bridgehead atoms. The van der Waals surface area contributed by atoms with E-state index in [9.17, 15) is 0 Å². The molecule has 0 N–H and O–H groups in total. The second-order valence-corrected chi connectivity index (χ2v) is 10.5. The van der Waals surface area contributed by atoms with Crippen molar-refractivity contribution in [1.82, 2.24) is 0 Å². The Kier molecular flexibility index (Phi) is 11.6. The van der Waals surface area contributed by atoms with Crippen molar-refractivity contribution < 1.29 is 11.3 Å². The predicted molar refractivity (Wildman–Crippen MR) is 99.5 cm³/mol. The summed E-state index contributed by atoms with van der Waals surface area (Å²) in [5.74, 6) is 0. The first-order valence-electron chi connectivity index (χ1n) is 6.87. The van der Waals surface area contributed by atoms with Crippen LogP contribution in [0.25, 0.3) is 0 Å². The van der Waals surface area contributed by atoms with E-state index in [1.165, 1.54) is 16.7 Å². The molecule has 0 unspecified atom stereocenters. The van der Waals surface area contributed by atoms with E-state index in [0.29, 0.717) is 0 Å². The fourth-order valence-electron chi connectivity index (χ4n) is 1.99. The van der Waals surface area contributed by atoms with Crippen molar-refractivity contribution in [2.45, 2.75) is 48.0 Å². The van der Waals surface area contributed by atoms with Crippen LogP contribution in [-0.2, 0) is 11.3 Å². The zero-order chi connectivity index (χ0) is 16.4. The van der Waals surface area contributed by atoms with Crippen molar-refractivity contribution in [2.24, 2.45) is 9.98 Å². The van der Waals surface area contributed by atoms with Crippen LogP contribution in [0.3, 0.4) is 0 Å². The van der Waals surface area contributed by atoms with Gasteiger partial charge in [0.15, 0.2) is 0 Å². The summed E-state index contributed by atoms with van der Waals surface area (Å²) in [6.45, 7) is 13.4. The SMILES string of the molecule is CCCN=C(C)C(C)=Nc1c(C)cc(C)cc1C.[Br][Fe][Br]. The molecule has 1 aromatic carbocycles. The van der Waals surface area contributed by atoms with Gasteiger partial charge in [-0.15, -0.1) is 0 Å². The average Bonchev–Trinajstić information content (AvgIpc) is 2.40. The Labute approximate surface area is 149 Å². The molecule has 0 aromatic heterocycles. The third-order valence-electron chi connectivity index (χ3n) is 3.01. The van der Waals surface area contributed by atoms with Crippen molar-refractivity contribution >= 4 is 45.3 Å². The summed E-state index contributed by atoms with van der Waals surface area (Å²) >= 11 is 7.00. The number of hydrogen-bond acceptors (Lipinski definition) is 2. The standard InChI is InChI=1S/C16H24N2.2BrH.Fe/c1-7-8-17-14(5)15(6)18-16-12(3)9-11(2)10-13(16)4;;;/h9-10H,7-8H2,1-6H3;2*1H;/q;;;+2/p-2. The number of hydrogen-bond donors (Lipinski definition) is 0. The normalized spacial score (nSPS) is 12.2.